The first-order valence-electron chi connectivity index (χ1n) is 8.51. The average molecular weight is 473 g/mol. The van der Waals surface area contributed by atoms with Gasteiger partial charge in [0.15, 0.2) is 0 Å². The lowest BCUT2D eigenvalue weighted by molar-refractivity contribution is 0.628. The average Bonchev–Trinajstić information content (AvgIpc) is 3.48. The van der Waals surface area contributed by atoms with Gasteiger partial charge >= 0.3 is 0 Å². The molecule has 1 fully saturated rings. The first kappa shape index (κ1) is 17.6. The molecule has 1 heterocycles. The van der Waals surface area contributed by atoms with Crippen LogP contribution in [0.1, 0.15) is 30.0 Å². The first-order valence-corrected chi connectivity index (χ1v) is 10.1. The molecule has 1 saturated carbocycles. The topological polar surface area (TPSA) is 12.9 Å². The normalized spacial score (nSPS) is 13.5. The molecule has 0 unspecified atom stereocenters. The van der Waals surface area contributed by atoms with E-state index in [0.29, 0.717) is 5.92 Å². The molecule has 0 radical (unpaired) electrons. The van der Waals surface area contributed by atoms with E-state index in [0.717, 1.165) is 49.9 Å². The number of rotatable bonds is 4. The van der Waals surface area contributed by atoms with Crippen LogP contribution >= 0.6 is 31.9 Å². The fourth-order valence-electron chi connectivity index (χ4n) is 3.13. The van der Waals surface area contributed by atoms with Gasteiger partial charge in [0.25, 0.3) is 0 Å². The lowest BCUT2D eigenvalue weighted by Crippen LogP contribution is -1.98. The molecule has 4 rings (SSSR count). The summed E-state index contributed by atoms with van der Waals surface area (Å²) in [5.74, 6) is 0.260. The van der Waals surface area contributed by atoms with Crippen LogP contribution in [-0.4, -0.2) is 4.98 Å². The zero-order chi connectivity index (χ0) is 18.1. The first-order chi connectivity index (χ1) is 12.6. The monoisotopic (exact) mass is 471 g/mol. The summed E-state index contributed by atoms with van der Waals surface area (Å²) < 4.78 is 14.3. The lowest BCUT2D eigenvalue weighted by Gasteiger charge is -2.15. The Morgan fingerprint density at radius 1 is 0.962 bits per heavy atom. The van der Waals surface area contributed by atoms with Crippen molar-refractivity contribution in [3.63, 3.8) is 0 Å². The zero-order valence-electron chi connectivity index (χ0n) is 13.9. The van der Waals surface area contributed by atoms with Gasteiger partial charge in [-0.1, -0.05) is 42.5 Å². The Hall–Kier alpha value is -1.78. The Morgan fingerprint density at radius 3 is 2.27 bits per heavy atom. The van der Waals surface area contributed by atoms with E-state index in [9.17, 15) is 4.39 Å². The van der Waals surface area contributed by atoms with Crippen molar-refractivity contribution in [1.29, 1.82) is 0 Å². The molecule has 0 saturated heterocycles. The van der Waals surface area contributed by atoms with Gasteiger partial charge in [0, 0.05) is 17.0 Å². The van der Waals surface area contributed by atoms with Crippen LogP contribution in [0.4, 0.5) is 4.39 Å². The van der Waals surface area contributed by atoms with Gasteiger partial charge in [-0.25, -0.2) is 4.39 Å². The Labute approximate surface area is 169 Å². The van der Waals surface area contributed by atoms with E-state index in [4.69, 9.17) is 4.98 Å². The van der Waals surface area contributed by atoms with Gasteiger partial charge in [0.2, 0.25) is 0 Å². The summed E-state index contributed by atoms with van der Waals surface area (Å²) in [6.45, 7) is 0. The highest BCUT2D eigenvalue weighted by molar-refractivity contribution is 9.28. The van der Waals surface area contributed by atoms with E-state index in [1.54, 1.807) is 0 Å². The van der Waals surface area contributed by atoms with Crippen LogP contribution in [0, 0.1) is 5.82 Å². The Morgan fingerprint density at radius 2 is 1.65 bits per heavy atom. The van der Waals surface area contributed by atoms with Gasteiger partial charge in [0.05, 0.1) is 14.8 Å². The van der Waals surface area contributed by atoms with E-state index in [1.807, 2.05) is 36.4 Å². The van der Waals surface area contributed by atoms with Gasteiger partial charge in [-0.15, -0.1) is 0 Å². The van der Waals surface area contributed by atoms with Crippen LogP contribution in [0.15, 0.2) is 64.1 Å². The molecule has 1 aliphatic carbocycles. The predicted octanol–water partition coefficient (Wildman–Crippen LogP) is 7.52. The Balaban J connectivity index is 1.97. The molecule has 0 bridgehead atoms. The summed E-state index contributed by atoms with van der Waals surface area (Å²) >= 11 is 6.97. The van der Waals surface area contributed by atoms with Crippen molar-refractivity contribution >= 4 is 37.9 Å². The lowest BCUT2D eigenvalue weighted by atomic mass is 9.94. The van der Waals surface area contributed by atoms with Crippen molar-refractivity contribution in [2.75, 3.05) is 0 Å². The molecule has 0 atom stereocenters. The van der Waals surface area contributed by atoms with Crippen molar-refractivity contribution in [2.24, 2.45) is 0 Å². The standard InChI is InChI=1S/C22H16Br2FN/c23-21(24)13-19-18(14-8-10-17(25)11-9-14)12-20(15-4-2-1-3-5-15)26-22(19)16-6-7-16/h1-5,8-13,16H,6-7H2. The van der Waals surface area contributed by atoms with Crippen LogP contribution in [0.5, 0.6) is 0 Å². The second-order valence-corrected chi connectivity index (χ2v) is 9.21. The van der Waals surface area contributed by atoms with E-state index >= 15 is 0 Å². The summed E-state index contributed by atoms with van der Waals surface area (Å²) in [5, 5.41) is 0. The highest BCUT2D eigenvalue weighted by Gasteiger charge is 2.29. The molecular weight excluding hydrogens is 457 g/mol. The SMILES string of the molecule is Fc1ccc(-c2cc(-c3ccccc3)nc(C3CC3)c2C=C(Br)Br)cc1. The fourth-order valence-corrected chi connectivity index (χ4v) is 3.59. The molecule has 2 aromatic carbocycles. The van der Waals surface area contributed by atoms with E-state index in [2.05, 4.69) is 50.1 Å². The van der Waals surface area contributed by atoms with Crippen molar-refractivity contribution in [1.82, 2.24) is 4.98 Å². The number of halogens is 3. The van der Waals surface area contributed by atoms with E-state index in [1.165, 1.54) is 12.1 Å². The zero-order valence-corrected chi connectivity index (χ0v) is 17.1. The molecule has 26 heavy (non-hydrogen) atoms. The maximum atomic E-state index is 13.4. The summed E-state index contributed by atoms with van der Waals surface area (Å²) in [6.07, 6.45) is 4.37. The number of hydrogen-bond acceptors (Lipinski definition) is 1. The third-order valence-electron chi connectivity index (χ3n) is 4.53. The minimum Gasteiger partial charge on any atom is -0.252 e. The summed E-state index contributed by atoms with van der Waals surface area (Å²) in [5.41, 5.74) is 6.29. The van der Waals surface area contributed by atoms with Crippen LogP contribution in [-0.2, 0) is 0 Å². The maximum absolute atomic E-state index is 13.4. The third kappa shape index (κ3) is 3.81. The van der Waals surface area contributed by atoms with Crippen molar-refractivity contribution in [3.05, 3.63) is 81.1 Å². The second-order valence-electron chi connectivity index (χ2n) is 6.44. The second kappa shape index (κ2) is 7.45. The van der Waals surface area contributed by atoms with Crippen molar-refractivity contribution in [2.45, 2.75) is 18.8 Å². The summed E-state index contributed by atoms with van der Waals surface area (Å²) in [6, 6.07) is 19.0. The third-order valence-corrected chi connectivity index (χ3v) is 4.99. The summed E-state index contributed by atoms with van der Waals surface area (Å²) in [4.78, 5) is 5.00. The largest absolute Gasteiger partial charge is 0.252 e. The quantitative estimate of drug-likeness (QED) is 0.382. The van der Waals surface area contributed by atoms with Gasteiger partial charge in [-0.2, -0.15) is 0 Å². The number of pyridine rings is 1. The molecule has 1 aliphatic rings. The maximum Gasteiger partial charge on any atom is 0.123 e. The Kier molecular flexibility index (Phi) is 5.05. The van der Waals surface area contributed by atoms with E-state index in [-0.39, 0.29) is 5.82 Å². The molecule has 4 heteroatoms. The van der Waals surface area contributed by atoms with Crippen molar-refractivity contribution in [3.8, 4) is 22.4 Å². The fraction of sp³-hybridized carbons (Fsp3) is 0.136. The van der Waals surface area contributed by atoms with Crippen molar-refractivity contribution < 1.29 is 4.39 Å². The predicted molar refractivity (Wildman–Crippen MR) is 113 cm³/mol. The smallest absolute Gasteiger partial charge is 0.123 e. The molecule has 0 aliphatic heterocycles. The van der Waals surface area contributed by atoms with Gasteiger partial charge < -0.3 is 0 Å². The van der Waals surface area contributed by atoms with Gasteiger partial charge in [-0.05, 0) is 80.1 Å². The molecule has 0 amide bonds. The molecule has 130 valence electrons. The molecule has 0 spiro atoms. The molecule has 1 aromatic heterocycles. The van der Waals surface area contributed by atoms with Crippen LogP contribution in [0.3, 0.4) is 0 Å². The molecule has 0 N–H and O–H groups in total. The molecule has 3 aromatic rings. The number of hydrogen-bond donors (Lipinski definition) is 0. The number of nitrogens with zero attached hydrogens (tertiary/aromatic N) is 1. The van der Waals surface area contributed by atoms with Crippen LogP contribution in [0.25, 0.3) is 28.5 Å². The molecule has 1 nitrogen and oxygen atoms in total. The number of aromatic nitrogens is 1. The van der Waals surface area contributed by atoms with Crippen LogP contribution in [0.2, 0.25) is 0 Å². The van der Waals surface area contributed by atoms with Gasteiger partial charge in [0.1, 0.15) is 5.82 Å². The van der Waals surface area contributed by atoms with E-state index < -0.39 is 0 Å². The number of benzene rings is 2. The van der Waals surface area contributed by atoms with Crippen LogP contribution < -0.4 is 0 Å². The highest BCUT2D eigenvalue weighted by atomic mass is 79.9. The highest BCUT2D eigenvalue weighted by Crippen LogP contribution is 2.45. The minimum atomic E-state index is -0.229. The Bertz CT molecular complexity index is 957. The summed E-state index contributed by atoms with van der Waals surface area (Å²) in [7, 11) is 0. The minimum absolute atomic E-state index is 0.229. The molecular formula is C22H16Br2FN. The van der Waals surface area contributed by atoms with Gasteiger partial charge in [-0.3, -0.25) is 4.98 Å².